The quantitative estimate of drug-likeness (QED) is 0.505. The van der Waals surface area contributed by atoms with Gasteiger partial charge in [-0.25, -0.2) is 0 Å². The molecule has 8 heteroatoms. The van der Waals surface area contributed by atoms with Crippen LogP contribution >= 0.6 is 35.0 Å². The predicted octanol–water partition coefficient (Wildman–Crippen LogP) is 4.10. The Morgan fingerprint density at radius 2 is 1.81 bits per heavy atom. The van der Waals surface area contributed by atoms with E-state index in [-0.39, 0.29) is 17.6 Å². The summed E-state index contributed by atoms with van der Waals surface area (Å²) >= 11 is 13.2. The molecule has 26 heavy (non-hydrogen) atoms. The number of carbonyl (C=O) groups excluding carboxylic acids is 2. The lowest BCUT2D eigenvalue weighted by Crippen LogP contribution is -2.28. The lowest BCUT2D eigenvalue weighted by molar-refractivity contribution is -0.118. The molecule has 2 rings (SSSR count). The van der Waals surface area contributed by atoms with Crippen molar-refractivity contribution in [1.29, 1.82) is 0 Å². The van der Waals surface area contributed by atoms with Crippen LogP contribution in [0.2, 0.25) is 10.0 Å². The zero-order valence-electron chi connectivity index (χ0n) is 14.1. The molecular formula is C18H18Cl2N2O3S. The number of rotatable bonds is 8. The molecule has 0 radical (unpaired) electrons. The fourth-order valence-electron chi connectivity index (χ4n) is 2.09. The first-order chi connectivity index (χ1) is 12.5. The summed E-state index contributed by atoms with van der Waals surface area (Å²) < 4.78 is 4.89. The Balaban J connectivity index is 2.03. The third-order valence-corrected chi connectivity index (χ3v) is 4.75. The van der Waals surface area contributed by atoms with Crippen LogP contribution in [0.1, 0.15) is 10.4 Å². The maximum atomic E-state index is 12.6. The highest BCUT2D eigenvalue weighted by Crippen LogP contribution is 2.26. The van der Waals surface area contributed by atoms with Gasteiger partial charge in [-0.05, 0) is 30.3 Å². The van der Waals surface area contributed by atoms with E-state index in [1.165, 1.54) is 11.8 Å². The SMILES string of the molecule is COCCNC(=O)CSc1ccccc1C(=O)Nc1cc(Cl)cc(Cl)c1. The molecule has 0 fully saturated rings. The van der Waals surface area contributed by atoms with Crippen LogP contribution in [0.25, 0.3) is 0 Å². The molecule has 0 aromatic heterocycles. The van der Waals surface area contributed by atoms with Crippen molar-refractivity contribution in [3.05, 3.63) is 58.1 Å². The fraction of sp³-hybridized carbons (Fsp3) is 0.222. The minimum absolute atomic E-state index is 0.121. The summed E-state index contributed by atoms with van der Waals surface area (Å²) in [5.74, 6) is -0.216. The Bertz CT molecular complexity index is 767. The third kappa shape index (κ3) is 6.53. The number of nitrogens with one attached hydrogen (secondary N) is 2. The second-order valence-corrected chi connectivity index (χ2v) is 7.13. The number of hydrogen-bond donors (Lipinski definition) is 2. The van der Waals surface area contributed by atoms with Gasteiger partial charge in [0.2, 0.25) is 5.91 Å². The van der Waals surface area contributed by atoms with E-state index in [1.54, 1.807) is 43.5 Å². The van der Waals surface area contributed by atoms with Gasteiger partial charge in [0.25, 0.3) is 5.91 Å². The Hall–Kier alpha value is -1.73. The first-order valence-corrected chi connectivity index (χ1v) is 9.48. The lowest BCUT2D eigenvalue weighted by atomic mass is 10.2. The molecule has 0 saturated heterocycles. The van der Waals surface area contributed by atoms with Gasteiger partial charge in [-0.1, -0.05) is 35.3 Å². The van der Waals surface area contributed by atoms with Gasteiger partial charge >= 0.3 is 0 Å². The zero-order chi connectivity index (χ0) is 18.9. The van der Waals surface area contributed by atoms with E-state index in [0.717, 1.165) is 0 Å². The van der Waals surface area contributed by atoms with E-state index >= 15 is 0 Å². The van der Waals surface area contributed by atoms with E-state index in [2.05, 4.69) is 10.6 Å². The smallest absolute Gasteiger partial charge is 0.256 e. The maximum Gasteiger partial charge on any atom is 0.256 e. The van der Waals surface area contributed by atoms with Gasteiger partial charge in [-0.3, -0.25) is 9.59 Å². The Morgan fingerprint density at radius 1 is 1.12 bits per heavy atom. The largest absolute Gasteiger partial charge is 0.383 e. The molecule has 2 N–H and O–H groups in total. The zero-order valence-corrected chi connectivity index (χ0v) is 16.4. The third-order valence-electron chi connectivity index (χ3n) is 3.24. The second-order valence-electron chi connectivity index (χ2n) is 5.24. The number of hydrogen-bond acceptors (Lipinski definition) is 4. The van der Waals surface area contributed by atoms with Crippen molar-refractivity contribution in [1.82, 2.24) is 5.32 Å². The van der Waals surface area contributed by atoms with Crippen LogP contribution in [0.5, 0.6) is 0 Å². The molecule has 0 heterocycles. The molecule has 0 aliphatic heterocycles. The molecular weight excluding hydrogens is 395 g/mol. The number of methoxy groups -OCH3 is 1. The molecule has 5 nitrogen and oxygen atoms in total. The van der Waals surface area contributed by atoms with E-state index in [0.29, 0.717) is 39.3 Å². The van der Waals surface area contributed by atoms with E-state index in [1.807, 2.05) is 6.07 Å². The summed E-state index contributed by atoms with van der Waals surface area (Å²) in [6, 6.07) is 11.9. The number of anilines is 1. The number of ether oxygens (including phenoxy) is 1. The van der Waals surface area contributed by atoms with Crippen molar-refractivity contribution in [2.75, 3.05) is 31.3 Å². The predicted molar refractivity (Wildman–Crippen MR) is 106 cm³/mol. The van der Waals surface area contributed by atoms with Crippen molar-refractivity contribution >= 4 is 52.5 Å². The monoisotopic (exact) mass is 412 g/mol. The molecule has 0 atom stereocenters. The van der Waals surface area contributed by atoms with Crippen LogP contribution < -0.4 is 10.6 Å². The molecule has 0 unspecified atom stereocenters. The maximum absolute atomic E-state index is 12.6. The van der Waals surface area contributed by atoms with Crippen molar-refractivity contribution < 1.29 is 14.3 Å². The molecule has 2 aromatic carbocycles. The highest BCUT2D eigenvalue weighted by atomic mass is 35.5. The minimum Gasteiger partial charge on any atom is -0.383 e. The van der Waals surface area contributed by atoms with Crippen molar-refractivity contribution in [2.45, 2.75) is 4.90 Å². The van der Waals surface area contributed by atoms with E-state index in [9.17, 15) is 9.59 Å². The van der Waals surface area contributed by atoms with Gasteiger partial charge in [0, 0.05) is 34.3 Å². The summed E-state index contributed by atoms with van der Waals surface area (Å²) in [5.41, 5.74) is 0.975. The van der Waals surface area contributed by atoms with Crippen molar-refractivity contribution in [3.8, 4) is 0 Å². The normalized spacial score (nSPS) is 10.4. The molecule has 0 aliphatic carbocycles. The highest BCUT2D eigenvalue weighted by molar-refractivity contribution is 8.00. The van der Waals surface area contributed by atoms with Gasteiger partial charge in [-0.15, -0.1) is 11.8 Å². The topological polar surface area (TPSA) is 67.4 Å². The van der Waals surface area contributed by atoms with Crippen LogP contribution in [0.15, 0.2) is 47.4 Å². The number of thioether (sulfide) groups is 1. The Morgan fingerprint density at radius 3 is 2.50 bits per heavy atom. The summed E-state index contributed by atoms with van der Waals surface area (Å²) in [6.45, 7) is 0.908. The molecule has 2 amide bonds. The Labute approximate surface area is 166 Å². The van der Waals surface area contributed by atoms with Crippen LogP contribution in [-0.4, -0.2) is 37.8 Å². The molecule has 0 spiro atoms. The number of halogens is 2. The average Bonchev–Trinajstić information content (AvgIpc) is 2.59. The first-order valence-electron chi connectivity index (χ1n) is 7.74. The molecule has 0 aliphatic rings. The highest BCUT2D eigenvalue weighted by Gasteiger charge is 2.13. The summed E-state index contributed by atoms with van der Waals surface area (Å²) in [4.78, 5) is 25.1. The van der Waals surface area contributed by atoms with Gasteiger partial charge in [0.15, 0.2) is 0 Å². The van der Waals surface area contributed by atoms with Crippen LogP contribution in [0, 0.1) is 0 Å². The van der Waals surface area contributed by atoms with Gasteiger partial charge in [0.1, 0.15) is 0 Å². The van der Waals surface area contributed by atoms with Crippen LogP contribution in [-0.2, 0) is 9.53 Å². The van der Waals surface area contributed by atoms with Crippen LogP contribution in [0.3, 0.4) is 0 Å². The second kappa shape index (κ2) is 10.4. The summed E-state index contributed by atoms with van der Waals surface area (Å²) in [7, 11) is 1.57. The van der Waals surface area contributed by atoms with E-state index < -0.39 is 0 Å². The fourth-order valence-corrected chi connectivity index (χ4v) is 3.50. The number of amides is 2. The number of benzene rings is 2. The standard InChI is InChI=1S/C18H18Cl2N2O3S/c1-25-7-6-21-17(23)11-26-16-5-3-2-4-15(16)18(24)22-14-9-12(19)8-13(20)10-14/h2-5,8-10H,6-7,11H2,1H3,(H,21,23)(H,22,24). The first kappa shape index (κ1) is 20.6. The molecule has 0 bridgehead atoms. The summed E-state index contributed by atoms with van der Waals surface area (Å²) in [6.07, 6.45) is 0. The van der Waals surface area contributed by atoms with Crippen molar-refractivity contribution in [3.63, 3.8) is 0 Å². The van der Waals surface area contributed by atoms with Gasteiger partial charge < -0.3 is 15.4 Å². The lowest BCUT2D eigenvalue weighted by Gasteiger charge is -2.11. The average molecular weight is 413 g/mol. The molecule has 0 saturated carbocycles. The molecule has 2 aromatic rings. The molecule has 138 valence electrons. The minimum atomic E-state index is -0.300. The van der Waals surface area contributed by atoms with Crippen molar-refractivity contribution in [2.24, 2.45) is 0 Å². The number of carbonyl (C=O) groups is 2. The van der Waals surface area contributed by atoms with E-state index in [4.69, 9.17) is 27.9 Å². The Kier molecular flexibility index (Phi) is 8.25. The van der Waals surface area contributed by atoms with Gasteiger partial charge in [-0.2, -0.15) is 0 Å². The van der Waals surface area contributed by atoms with Gasteiger partial charge in [0.05, 0.1) is 17.9 Å². The summed E-state index contributed by atoms with van der Waals surface area (Å²) in [5, 5.41) is 6.38. The van der Waals surface area contributed by atoms with Crippen LogP contribution in [0.4, 0.5) is 5.69 Å².